The molecule has 0 aromatic carbocycles. The first kappa shape index (κ1) is 14.6. The molecule has 6 heteroatoms. The largest absolute Gasteiger partial charge is 0.356 e. The van der Waals surface area contributed by atoms with Gasteiger partial charge in [0.15, 0.2) is 0 Å². The summed E-state index contributed by atoms with van der Waals surface area (Å²) in [7, 11) is 1.87. The van der Waals surface area contributed by atoms with E-state index in [9.17, 15) is 4.79 Å². The summed E-state index contributed by atoms with van der Waals surface area (Å²) in [5.41, 5.74) is 1.02. The Morgan fingerprint density at radius 2 is 2.36 bits per heavy atom. The highest BCUT2D eigenvalue weighted by Crippen LogP contribution is 2.21. The van der Waals surface area contributed by atoms with Gasteiger partial charge in [-0.15, -0.1) is 0 Å². The van der Waals surface area contributed by atoms with Gasteiger partial charge in [0.2, 0.25) is 5.91 Å². The van der Waals surface area contributed by atoms with Gasteiger partial charge in [-0.3, -0.25) is 9.48 Å². The van der Waals surface area contributed by atoms with Crippen molar-refractivity contribution in [2.75, 3.05) is 18.0 Å². The second-order valence-electron chi connectivity index (χ2n) is 5.71. The maximum atomic E-state index is 12.4. The number of carbonyl (C=O) groups is 1. The number of pyridine rings is 1. The fourth-order valence-corrected chi connectivity index (χ4v) is 2.84. The van der Waals surface area contributed by atoms with E-state index in [1.54, 1.807) is 17.1 Å². The summed E-state index contributed by atoms with van der Waals surface area (Å²) in [4.78, 5) is 18.9. The van der Waals surface area contributed by atoms with Crippen molar-refractivity contribution in [2.24, 2.45) is 13.0 Å². The molecule has 2 aromatic rings. The van der Waals surface area contributed by atoms with Gasteiger partial charge in [0.05, 0.1) is 12.1 Å². The van der Waals surface area contributed by atoms with Crippen molar-refractivity contribution in [1.29, 1.82) is 0 Å². The minimum absolute atomic E-state index is 0.0208. The van der Waals surface area contributed by atoms with Crippen LogP contribution in [0.2, 0.25) is 0 Å². The van der Waals surface area contributed by atoms with E-state index in [0.717, 1.165) is 37.3 Å². The number of hydrogen-bond donors (Lipinski definition) is 1. The van der Waals surface area contributed by atoms with Crippen LogP contribution in [0, 0.1) is 5.92 Å². The smallest absolute Gasteiger partial charge is 0.225 e. The first-order chi connectivity index (χ1) is 10.7. The fraction of sp³-hybridized carbons (Fsp3) is 0.438. The number of piperidine rings is 1. The molecule has 1 N–H and O–H groups in total. The van der Waals surface area contributed by atoms with Gasteiger partial charge in [-0.25, -0.2) is 4.98 Å². The Balaban J connectivity index is 1.56. The number of amides is 1. The van der Waals surface area contributed by atoms with Crippen LogP contribution in [-0.2, 0) is 18.4 Å². The monoisotopic (exact) mass is 299 g/mol. The van der Waals surface area contributed by atoms with Crippen molar-refractivity contribution in [3.63, 3.8) is 0 Å². The molecule has 0 radical (unpaired) electrons. The quantitative estimate of drug-likeness (QED) is 0.925. The Labute approximate surface area is 130 Å². The number of anilines is 1. The zero-order chi connectivity index (χ0) is 15.4. The molecular formula is C16H21N5O. The molecule has 1 unspecified atom stereocenters. The van der Waals surface area contributed by atoms with Crippen LogP contribution in [0.1, 0.15) is 18.4 Å². The maximum Gasteiger partial charge on any atom is 0.225 e. The topological polar surface area (TPSA) is 63.1 Å². The molecule has 1 aliphatic heterocycles. The van der Waals surface area contributed by atoms with Crippen LogP contribution < -0.4 is 10.2 Å². The Morgan fingerprint density at radius 3 is 3.09 bits per heavy atom. The fourth-order valence-electron chi connectivity index (χ4n) is 2.84. The molecule has 0 aliphatic carbocycles. The van der Waals surface area contributed by atoms with Crippen molar-refractivity contribution in [3.05, 3.63) is 42.4 Å². The van der Waals surface area contributed by atoms with Crippen molar-refractivity contribution >= 4 is 11.7 Å². The first-order valence-electron chi connectivity index (χ1n) is 7.63. The van der Waals surface area contributed by atoms with Gasteiger partial charge in [0, 0.05) is 44.6 Å². The highest BCUT2D eigenvalue weighted by atomic mass is 16.1. The lowest BCUT2D eigenvalue weighted by Gasteiger charge is -2.32. The Kier molecular flexibility index (Phi) is 4.37. The van der Waals surface area contributed by atoms with Crippen molar-refractivity contribution in [1.82, 2.24) is 20.1 Å². The molecule has 1 amide bonds. The second-order valence-corrected chi connectivity index (χ2v) is 5.71. The summed E-state index contributed by atoms with van der Waals surface area (Å²) < 4.78 is 1.74. The van der Waals surface area contributed by atoms with Crippen molar-refractivity contribution < 1.29 is 4.79 Å². The van der Waals surface area contributed by atoms with Gasteiger partial charge in [-0.05, 0) is 25.0 Å². The standard InChI is InChI=1S/C16H21N5O/c1-20-11-13(10-19-20)9-18-16(22)14-5-4-8-21(12-14)15-6-2-3-7-17-15/h2-3,6-7,10-11,14H,4-5,8-9,12H2,1H3,(H,18,22). The van der Waals surface area contributed by atoms with E-state index in [4.69, 9.17) is 0 Å². The lowest BCUT2D eigenvalue weighted by molar-refractivity contribution is -0.125. The zero-order valence-electron chi connectivity index (χ0n) is 12.8. The van der Waals surface area contributed by atoms with E-state index in [2.05, 4.69) is 20.3 Å². The summed E-state index contributed by atoms with van der Waals surface area (Å²) in [6.45, 7) is 2.23. The molecule has 116 valence electrons. The first-order valence-corrected chi connectivity index (χ1v) is 7.63. The van der Waals surface area contributed by atoms with Crippen LogP contribution in [0.15, 0.2) is 36.8 Å². The van der Waals surface area contributed by atoms with Crippen LogP contribution in [0.5, 0.6) is 0 Å². The van der Waals surface area contributed by atoms with Crippen molar-refractivity contribution in [3.8, 4) is 0 Å². The third-order valence-corrected chi connectivity index (χ3v) is 3.99. The van der Waals surface area contributed by atoms with Gasteiger partial charge in [-0.2, -0.15) is 5.10 Å². The Morgan fingerprint density at radius 1 is 1.45 bits per heavy atom. The Hall–Kier alpha value is -2.37. The van der Waals surface area contributed by atoms with E-state index in [1.807, 2.05) is 31.4 Å². The summed E-state index contributed by atoms with van der Waals surface area (Å²) in [6, 6.07) is 5.88. The molecule has 1 fully saturated rings. The number of nitrogens with zero attached hydrogens (tertiary/aromatic N) is 4. The molecule has 3 heterocycles. The van der Waals surface area contributed by atoms with Gasteiger partial charge in [0.1, 0.15) is 5.82 Å². The number of rotatable bonds is 4. The van der Waals surface area contributed by atoms with Crippen molar-refractivity contribution in [2.45, 2.75) is 19.4 Å². The lowest BCUT2D eigenvalue weighted by Crippen LogP contribution is -2.43. The molecule has 1 saturated heterocycles. The maximum absolute atomic E-state index is 12.4. The molecule has 3 rings (SSSR count). The van der Waals surface area contributed by atoms with Crippen LogP contribution in [0.3, 0.4) is 0 Å². The van der Waals surface area contributed by atoms with Gasteiger partial charge in [0.25, 0.3) is 0 Å². The minimum Gasteiger partial charge on any atom is -0.356 e. The molecule has 0 spiro atoms. The second kappa shape index (κ2) is 6.60. The molecule has 0 saturated carbocycles. The molecule has 22 heavy (non-hydrogen) atoms. The number of nitrogens with one attached hydrogen (secondary N) is 1. The van der Waals surface area contributed by atoms with Gasteiger partial charge < -0.3 is 10.2 Å². The zero-order valence-corrected chi connectivity index (χ0v) is 12.8. The van der Waals surface area contributed by atoms with Gasteiger partial charge in [-0.1, -0.05) is 6.07 Å². The van der Waals surface area contributed by atoms with E-state index >= 15 is 0 Å². The normalized spacial score (nSPS) is 18.2. The summed E-state index contributed by atoms with van der Waals surface area (Å²) in [5.74, 6) is 1.09. The third-order valence-electron chi connectivity index (χ3n) is 3.99. The van der Waals surface area contributed by atoms with E-state index in [1.165, 1.54) is 0 Å². The van der Waals surface area contributed by atoms with Gasteiger partial charge >= 0.3 is 0 Å². The Bertz CT molecular complexity index is 624. The summed E-state index contributed by atoms with van der Waals surface area (Å²) in [5, 5.41) is 7.12. The van der Waals surface area contributed by atoms with E-state index in [0.29, 0.717) is 6.54 Å². The highest BCUT2D eigenvalue weighted by Gasteiger charge is 2.26. The molecule has 1 atom stereocenters. The molecule has 1 aliphatic rings. The summed E-state index contributed by atoms with van der Waals surface area (Å²) in [6.07, 6.45) is 7.44. The average molecular weight is 299 g/mol. The predicted octanol–water partition coefficient (Wildman–Crippen LogP) is 1.35. The number of hydrogen-bond acceptors (Lipinski definition) is 4. The average Bonchev–Trinajstić information content (AvgIpc) is 2.99. The predicted molar refractivity (Wildman–Crippen MR) is 84.2 cm³/mol. The number of carbonyl (C=O) groups excluding carboxylic acids is 1. The van der Waals surface area contributed by atoms with Crippen LogP contribution >= 0.6 is 0 Å². The number of aromatic nitrogens is 3. The summed E-state index contributed by atoms with van der Waals surface area (Å²) >= 11 is 0. The highest BCUT2D eigenvalue weighted by molar-refractivity contribution is 5.79. The van der Waals surface area contributed by atoms with Crippen LogP contribution in [0.25, 0.3) is 0 Å². The molecule has 6 nitrogen and oxygen atoms in total. The molecule has 2 aromatic heterocycles. The van der Waals surface area contributed by atoms with E-state index < -0.39 is 0 Å². The van der Waals surface area contributed by atoms with E-state index in [-0.39, 0.29) is 11.8 Å². The third kappa shape index (κ3) is 3.44. The van der Waals surface area contributed by atoms with Crippen LogP contribution in [0.4, 0.5) is 5.82 Å². The minimum atomic E-state index is 0.0208. The lowest BCUT2D eigenvalue weighted by atomic mass is 9.97. The molecular weight excluding hydrogens is 278 g/mol. The SMILES string of the molecule is Cn1cc(CNC(=O)C2CCCN(c3ccccn3)C2)cn1. The van der Waals surface area contributed by atoms with Crippen LogP contribution in [-0.4, -0.2) is 33.8 Å². The molecule has 0 bridgehead atoms. The number of aryl methyl sites for hydroxylation is 1.